The lowest BCUT2D eigenvalue weighted by molar-refractivity contribution is 0.295. The van der Waals surface area contributed by atoms with E-state index in [0.29, 0.717) is 0 Å². The van der Waals surface area contributed by atoms with Gasteiger partial charge in [0.25, 0.3) is 0 Å². The van der Waals surface area contributed by atoms with Gasteiger partial charge in [0.1, 0.15) is 0 Å². The Bertz CT molecular complexity index is 249. The standard InChI is InChI=1S/C14H22.C2H6.CH4/c1-5-13(6-2)14(12(3)4)10-8-7-9-11-14;1-2;/h5-6H,1,3,7-11H2,2,4H3;1-2H3;1H4/b13-6+;;. The highest BCUT2D eigenvalue weighted by molar-refractivity contribution is 5.34. The number of rotatable bonds is 3. The average molecular weight is 236 g/mol. The zero-order valence-corrected chi connectivity index (χ0v) is 11.6. The molecule has 100 valence electrons. The van der Waals surface area contributed by atoms with Crippen molar-refractivity contribution in [1.29, 1.82) is 0 Å². The summed E-state index contributed by atoms with van der Waals surface area (Å²) in [5, 5.41) is 0. The lowest BCUT2D eigenvalue weighted by Crippen LogP contribution is -2.26. The molecule has 0 nitrogen and oxygen atoms in total. The Morgan fingerprint density at radius 1 is 1.12 bits per heavy atom. The molecule has 1 saturated carbocycles. The molecule has 1 aliphatic carbocycles. The summed E-state index contributed by atoms with van der Waals surface area (Å²) in [6.45, 7) is 16.4. The lowest BCUT2D eigenvalue weighted by atomic mass is 9.65. The van der Waals surface area contributed by atoms with Gasteiger partial charge in [-0.25, -0.2) is 0 Å². The molecule has 0 aromatic rings. The third kappa shape index (κ3) is 4.18. The highest BCUT2D eigenvalue weighted by Crippen LogP contribution is 2.47. The van der Waals surface area contributed by atoms with Gasteiger partial charge in [-0.2, -0.15) is 0 Å². The van der Waals surface area contributed by atoms with E-state index in [9.17, 15) is 0 Å². The van der Waals surface area contributed by atoms with Crippen LogP contribution in [-0.4, -0.2) is 0 Å². The zero-order chi connectivity index (χ0) is 12.6. The van der Waals surface area contributed by atoms with Crippen molar-refractivity contribution in [3.05, 3.63) is 36.5 Å². The molecule has 0 amide bonds. The first-order valence-corrected chi connectivity index (χ1v) is 6.62. The van der Waals surface area contributed by atoms with Crippen LogP contribution in [0.15, 0.2) is 36.5 Å². The predicted octanol–water partition coefficient (Wildman–Crippen LogP) is 6.31. The maximum Gasteiger partial charge on any atom is 0.0153 e. The Morgan fingerprint density at radius 3 is 1.88 bits per heavy atom. The summed E-state index contributed by atoms with van der Waals surface area (Å²) in [6, 6.07) is 0. The second-order valence-corrected chi connectivity index (χ2v) is 4.37. The van der Waals surface area contributed by atoms with Gasteiger partial charge < -0.3 is 0 Å². The second-order valence-electron chi connectivity index (χ2n) is 4.37. The minimum absolute atomic E-state index is 0. The van der Waals surface area contributed by atoms with Gasteiger partial charge in [0.05, 0.1) is 0 Å². The Hall–Kier alpha value is -0.780. The molecule has 0 aliphatic heterocycles. The molecule has 0 radical (unpaired) electrons. The van der Waals surface area contributed by atoms with Crippen LogP contribution in [0.5, 0.6) is 0 Å². The third-order valence-corrected chi connectivity index (χ3v) is 3.61. The molecule has 0 N–H and O–H groups in total. The van der Waals surface area contributed by atoms with E-state index in [-0.39, 0.29) is 12.8 Å². The van der Waals surface area contributed by atoms with Gasteiger partial charge >= 0.3 is 0 Å². The molecule has 0 atom stereocenters. The second kappa shape index (κ2) is 9.27. The average Bonchev–Trinajstić information content (AvgIpc) is 2.34. The fourth-order valence-corrected chi connectivity index (χ4v) is 2.71. The Morgan fingerprint density at radius 2 is 1.59 bits per heavy atom. The highest BCUT2D eigenvalue weighted by atomic mass is 14.4. The first-order chi connectivity index (χ1) is 7.67. The summed E-state index contributed by atoms with van der Waals surface area (Å²) in [5.74, 6) is 0. The van der Waals surface area contributed by atoms with Gasteiger partial charge in [-0.1, -0.05) is 71.4 Å². The topological polar surface area (TPSA) is 0 Å². The first kappa shape index (κ1) is 18.6. The van der Waals surface area contributed by atoms with Crippen LogP contribution in [-0.2, 0) is 0 Å². The van der Waals surface area contributed by atoms with Crippen molar-refractivity contribution in [2.24, 2.45) is 5.41 Å². The Labute approximate surface area is 110 Å². The number of allylic oxidation sites excluding steroid dienone is 4. The van der Waals surface area contributed by atoms with Gasteiger partial charge in [-0.3, -0.25) is 0 Å². The molecule has 0 unspecified atom stereocenters. The maximum absolute atomic E-state index is 4.18. The van der Waals surface area contributed by atoms with Crippen LogP contribution in [0, 0.1) is 5.41 Å². The summed E-state index contributed by atoms with van der Waals surface area (Å²) >= 11 is 0. The molecule has 1 rings (SSSR count). The Balaban J connectivity index is 0. The largest absolute Gasteiger partial charge is 0.0992 e. The van der Waals surface area contributed by atoms with E-state index in [1.807, 2.05) is 19.9 Å². The van der Waals surface area contributed by atoms with Crippen LogP contribution in [0.2, 0.25) is 0 Å². The highest BCUT2D eigenvalue weighted by Gasteiger charge is 2.34. The molecule has 1 fully saturated rings. The zero-order valence-electron chi connectivity index (χ0n) is 11.6. The van der Waals surface area contributed by atoms with Gasteiger partial charge in [0, 0.05) is 5.41 Å². The quantitative estimate of drug-likeness (QED) is 0.398. The fourth-order valence-electron chi connectivity index (χ4n) is 2.71. The number of hydrogen-bond acceptors (Lipinski definition) is 0. The summed E-state index contributed by atoms with van der Waals surface area (Å²) in [4.78, 5) is 0. The molecular formula is C17H32. The van der Waals surface area contributed by atoms with Crippen molar-refractivity contribution in [3.8, 4) is 0 Å². The van der Waals surface area contributed by atoms with Crippen molar-refractivity contribution in [2.75, 3.05) is 0 Å². The van der Waals surface area contributed by atoms with E-state index in [0.717, 1.165) is 0 Å². The molecule has 0 heterocycles. The minimum Gasteiger partial charge on any atom is -0.0992 e. The lowest BCUT2D eigenvalue weighted by Gasteiger charge is -2.39. The van der Waals surface area contributed by atoms with E-state index in [2.05, 4.69) is 33.1 Å². The van der Waals surface area contributed by atoms with Crippen LogP contribution in [0.25, 0.3) is 0 Å². The van der Waals surface area contributed by atoms with E-state index >= 15 is 0 Å². The summed E-state index contributed by atoms with van der Waals surface area (Å²) in [7, 11) is 0. The Kier molecular flexibility index (Phi) is 10.1. The third-order valence-electron chi connectivity index (χ3n) is 3.61. The molecule has 0 aromatic carbocycles. The summed E-state index contributed by atoms with van der Waals surface area (Å²) < 4.78 is 0. The van der Waals surface area contributed by atoms with Crippen LogP contribution in [0.4, 0.5) is 0 Å². The SMILES string of the molecule is C.C=C/C(=C\C)C1(C(=C)C)CCCCC1.CC. The summed E-state index contributed by atoms with van der Waals surface area (Å²) in [6.07, 6.45) is 10.8. The van der Waals surface area contributed by atoms with E-state index in [4.69, 9.17) is 0 Å². The molecule has 0 saturated heterocycles. The van der Waals surface area contributed by atoms with Crippen molar-refractivity contribution < 1.29 is 0 Å². The van der Waals surface area contributed by atoms with E-state index in [1.165, 1.54) is 43.3 Å². The number of hydrogen-bond donors (Lipinski definition) is 0. The minimum atomic E-state index is 0. The van der Waals surface area contributed by atoms with Crippen molar-refractivity contribution in [2.45, 2.75) is 67.2 Å². The normalized spacial score (nSPS) is 18.2. The predicted molar refractivity (Wildman–Crippen MR) is 82.4 cm³/mol. The van der Waals surface area contributed by atoms with Crippen molar-refractivity contribution in [3.63, 3.8) is 0 Å². The van der Waals surface area contributed by atoms with Crippen LogP contribution in [0.3, 0.4) is 0 Å². The van der Waals surface area contributed by atoms with Gasteiger partial charge in [0.15, 0.2) is 0 Å². The molecule has 0 aromatic heterocycles. The molecule has 0 bridgehead atoms. The van der Waals surface area contributed by atoms with Gasteiger partial charge in [0.2, 0.25) is 0 Å². The molecule has 0 spiro atoms. The van der Waals surface area contributed by atoms with Crippen LogP contribution in [0.1, 0.15) is 67.2 Å². The van der Waals surface area contributed by atoms with Crippen molar-refractivity contribution >= 4 is 0 Å². The first-order valence-electron chi connectivity index (χ1n) is 6.62. The molecule has 0 heteroatoms. The molecular weight excluding hydrogens is 204 g/mol. The van der Waals surface area contributed by atoms with Gasteiger partial charge in [-0.15, -0.1) is 0 Å². The summed E-state index contributed by atoms with van der Waals surface area (Å²) in [5.41, 5.74) is 2.93. The maximum atomic E-state index is 4.18. The van der Waals surface area contributed by atoms with E-state index in [1.54, 1.807) is 0 Å². The van der Waals surface area contributed by atoms with Crippen LogP contribution >= 0.6 is 0 Å². The molecule has 1 aliphatic rings. The van der Waals surface area contributed by atoms with Crippen molar-refractivity contribution in [1.82, 2.24) is 0 Å². The fraction of sp³-hybridized carbons (Fsp3) is 0.647. The van der Waals surface area contributed by atoms with Gasteiger partial charge in [-0.05, 0) is 32.3 Å². The van der Waals surface area contributed by atoms with E-state index < -0.39 is 0 Å². The monoisotopic (exact) mass is 236 g/mol. The van der Waals surface area contributed by atoms with Crippen LogP contribution < -0.4 is 0 Å². The smallest absolute Gasteiger partial charge is 0.0153 e. The molecule has 17 heavy (non-hydrogen) atoms.